The van der Waals surface area contributed by atoms with Crippen molar-refractivity contribution in [1.82, 2.24) is 0 Å². The second kappa shape index (κ2) is 10.4. The summed E-state index contributed by atoms with van der Waals surface area (Å²) in [5, 5.41) is 26.0. The molecule has 0 saturated heterocycles. The van der Waals surface area contributed by atoms with Crippen LogP contribution in [0.15, 0.2) is 84.8 Å². The molecule has 13 nitrogen and oxygen atoms in total. The molecule has 17 heteroatoms. The molecule has 7 N–H and O–H groups in total. The molecule has 0 bridgehead atoms. The first-order chi connectivity index (χ1) is 18.2. The fourth-order valence-corrected chi connectivity index (χ4v) is 5.07. The Bertz CT molecular complexity index is 1910. The minimum atomic E-state index is -5.07. The summed E-state index contributed by atoms with van der Waals surface area (Å²) in [4.78, 5) is -1.81. The summed E-state index contributed by atoms with van der Waals surface area (Å²) < 4.78 is 68.2. The third kappa shape index (κ3) is 5.93. The molecule has 0 atom stereocenters. The van der Waals surface area contributed by atoms with E-state index in [1.807, 2.05) is 0 Å². The molecule has 0 unspecified atom stereocenters. The highest BCUT2D eigenvalue weighted by atomic mass is 35.5. The summed E-state index contributed by atoms with van der Waals surface area (Å²) >= 11 is 12.0. The lowest BCUT2D eigenvalue weighted by Crippen LogP contribution is -2.03. The molecule has 4 aromatic carbocycles. The van der Waals surface area contributed by atoms with Gasteiger partial charge in [0.1, 0.15) is 26.9 Å². The van der Waals surface area contributed by atoms with E-state index in [9.17, 15) is 31.0 Å². The molecule has 4 rings (SSSR count). The summed E-state index contributed by atoms with van der Waals surface area (Å²) in [5.41, 5.74) is 10.6. The summed E-state index contributed by atoms with van der Waals surface area (Å²) in [6.45, 7) is 0. The zero-order valence-electron chi connectivity index (χ0n) is 19.2. The normalized spacial score (nSPS) is 12.6. The Morgan fingerprint density at radius 3 is 1.87 bits per heavy atom. The van der Waals surface area contributed by atoms with E-state index in [2.05, 4.69) is 20.5 Å². The topological polar surface area (TPSA) is 230 Å². The molecule has 0 heterocycles. The predicted octanol–water partition coefficient (Wildman–Crippen LogP) is 6.34. The van der Waals surface area contributed by atoms with Gasteiger partial charge >= 0.3 is 0 Å². The number of nitrogen functional groups attached to an aromatic ring is 2. The van der Waals surface area contributed by atoms with Gasteiger partial charge in [-0.25, -0.2) is 0 Å². The van der Waals surface area contributed by atoms with Gasteiger partial charge in [-0.05, 0) is 60.0 Å². The highest BCUT2D eigenvalue weighted by molar-refractivity contribution is 7.86. The Labute approximate surface area is 230 Å². The second-order valence-electron chi connectivity index (χ2n) is 7.84. The van der Waals surface area contributed by atoms with Gasteiger partial charge < -0.3 is 16.6 Å². The number of fused-ring (bicyclic) bond motifs is 1. The first-order valence-corrected chi connectivity index (χ1v) is 14.0. The largest absolute Gasteiger partial charge is 0.505 e. The minimum Gasteiger partial charge on any atom is -0.505 e. The number of halogens is 2. The van der Waals surface area contributed by atoms with Crippen LogP contribution in [-0.2, 0) is 20.2 Å². The lowest BCUT2D eigenvalue weighted by atomic mass is 10.1. The Morgan fingerprint density at radius 1 is 0.718 bits per heavy atom. The molecule has 0 fully saturated rings. The number of anilines is 2. The average molecular weight is 611 g/mol. The van der Waals surface area contributed by atoms with Crippen LogP contribution in [0.25, 0.3) is 10.8 Å². The minimum absolute atomic E-state index is 0.00219. The SMILES string of the molecule is Nc1ccc(N=Nc2c(S(=O)(=O)O)cc3cc(S(=O)(=O)O)c(N=Nc4cc(Cl)ccc4Cl)c(O)c3c2N)cc1. The van der Waals surface area contributed by atoms with Gasteiger partial charge in [-0.3, -0.25) is 9.11 Å². The maximum Gasteiger partial charge on any atom is 0.296 e. The van der Waals surface area contributed by atoms with Gasteiger partial charge in [0, 0.05) is 10.7 Å². The van der Waals surface area contributed by atoms with Crippen molar-refractivity contribution >= 4 is 88.3 Å². The molecule has 0 aliphatic rings. The van der Waals surface area contributed by atoms with Crippen molar-refractivity contribution in [3.8, 4) is 5.75 Å². The smallest absolute Gasteiger partial charge is 0.296 e. The molecule has 0 amide bonds. The summed E-state index contributed by atoms with van der Waals surface area (Å²) in [6, 6.07) is 11.7. The number of rotatable bonds is 6. The van der Waals surface area contributed by atoms with Crippen molar-refractivity contribution in [1.29, 1.82) is 0 Å². The monoisotopic (exact) mass is 610 g/mol. The van der Waals surface area contributed by atoms with E-state index in [0.717, 1.165) is 12.1 Å². The Kier molecular flexibility index (Phi) is 7.48. The van der Waals surface area contributed by atoms with E-state index >= 15 is 0 Å². The number of azo groups is 2. The quantitative estimate of drug-likeness (QED) is 0.0928. The van der Waals surface area contributed by atoms with E-state index < -0.39 is 52.8 Å². The fraction of sp³-hybridized carbons (Fsp3) is 0. The second-order valence-corrected chi connectivity index (χ2v) is 11.5. The number of hydrogen-bond acceptors (Lipinski definition) is 11. The Hall–Kier alpha value is -3.86. The maximum absolute atomic E-state index is 12.2. The maximum atomic E-state index is 12.2. The molecule has 0 aliphatic carbocycles. The highest BCUT2D eigenvalue weighted by Gasteiger charge is 2.28. The van der Waals surface area contributed by atoms with Crippen LogP contribution in [0.3, 0.4) is 0 Å². The van der Waals surface area contributed by atoms with E-state index in [4.69, 9.17) is 34.7 Å². The average Bonchev–Trinajstić information content (AvgIpc) is 2.84. The molecule has 202 valence electrons. The standard InChI is InChI=1S/C22H16Cl2N6O7S2/c23-11-1-6-14(24)15(9-11)28-30-21-17(39(35,36)37)8-10-7-16(38(32,33)34)20(19(26)18(10)22(21)31)29-27-13-4-2-12(25)3-5-13/h1-9,31H,25-26H2,(H,32,33,34)(H,35,36,37). The molecule has 4 aromatic rings. The van der Waals surface area contributed by atoms with Crippen molar-refractivity contribution in [2.75, 3.05) is 11.5 Å². The van der Waals surface area contributed by atoms with Crippen molar-refractivity contribution in [2.24, 2.45) is 20.5 Å². The molecule has 0 radical (unpaired) electrons. The molecule has 39 heavy (non-hydrogen) atoms. The van der Waals surface area contributed by atoms with Crippen molar-refractivity contribution in [2.45, 2.75) is 9.79 Å². The van der Waals surface area contributed by atoms with Gasteiger partial charge in [0.15, 0.2) is 5.75 Å². The lowest BCUT2D eigenvalue weighted by Gasteiger charge is -2.14. The van der Waals surface area contributed by atoms with Crippen LogP contribution in [0, 0.1) is 0 Å². The van der Waals surface area contributed by atoms with Crippen molar-refractivity contribution < 1.29 is 31.0 Å². The molecule has 0 saturated carbocycles. The number of phenols is 1. The van der Waals surface area contributed by atoms with Crippen LogP contribution in [0.1, 0.15) is 0 Å². The number of aromatic hydroxyl groups is 1. The van der Waals surface area contributed by atoms with Gasteiger partial charge in [0.25, 0.3) is 20.2 Å². The van der Waals surface area contributed by atoms with Crippen LogP contribution in [0.5, 0.6) is 5.75 Å². The highest BCUT2D eigenvalue weighted by Crippen LogP contribution is 2.48. The summed E-state index contributed by atoms with van der Waals surface area (Å²) in [7, 11) is -10.1. The van der Waals surface area contributed by atoms with Gasteiger partial charge in [-0.2, -0.15) is 21.9 Å². The number of phenolic OH excluding ortho intramolecular Hbond substituents is 1. The molecular formula is C22H16Cl2N6O7S2. The van der Waals surface area contributed by atoms with Gasteiger partial charge in [-0.15, -0.1) is 15.3 Å². The Balaban J connectivity index is 2.03. The van der Waals surface area contributed by atoms with E-state index in [-0.39, 0.29) is 32.2 Å². The molecule has 0 aliphatic heterocycles. The van der Waals surface area contributed by atoms with Gasteiger partial charge in [0.2, 0.25) is 0 Å². The Morgan fingerprint density at radius 2 is 1.28 bits per heavy atom. The number of nitrogens with zero attached hydrogens (tertiary/aromatic N) is 4. The number of benzene rings is 4. The van der Waals surface area contributed by atoms with Gasteiger partial charge in [-0.1, -0.05) is 23.2 Å². The van der Waals surface area contributed by atoms with E-state index in [1.54, 1.807) is 0 Å². The van der Waals surface area contributed by atoms with Crippen LogP contribution in [0.2, 0.25) is 10.0 Å². The van der Waals surface area contributed by atoms with Crippen LogP contribution in [0.4, 0.5) is 34.1 Å². The van der Waals surface area contributed by atoms with Crippen LogP contribution in [-0.4, -0.2) is 31.0 Å². The first kappa shape index (κ1) is 28.2. The lowest BCUT2D eigenvalue weighted by molar-refractivity contribution is 0.472. The zero-order chi connectivity index (χ0) is 28.7. The third-order valence-corrected chi connectivity index (χ3v) is 7.48. The van der Waals surface area contributed by atoms with Crippen LogP contribution >= 0.6 is 23.2 Å². The fourth-order valence-electron chi connectivity index (χ4n) is 3.42. The van der Waals surface area contributed by atoms with Crippen molar-refractivity contribution in [3.05, 3.63) is 64.6 Å². The summed E-state index contributed by atoms with van der Waals surface area (Å²) in [5.74, 6) is -0.912. The first-order valence-electron chi connectivity index (χ1n) is 10.4. The molecule has 0 spiro atoms. The third-order valence-electron chi connectivity index (χ3n) is 5.19. The van der Waals surface area contributed by atoms with Crippen molar-refractivity contribution in [3.63, 3.8) is 0 Å². The van der Waals surface area contributed by atoms with Crippen LogP contribution < -0.4 is 11.5 Å². The number of hydrogen-bond donors (Lipinski definition) is 5. The molecule has 0 aromatic heterocycles. The van der Waals surface area contributed by atoms with Gasteiger partial charge in [0.05, 0.1) is 21.8 Å². The van der Waals surface area contributed by atoms with E-state index in [0.29, 0.717) is 5.69 Å². The zero-order valence-corrected chi connectivity index (χ0v) is 22.3. The number of nitrogens with two attached hydrogens (primary N) is 2. The molecular weight excluding hydrogens is 595 g/mol. The predicted molar refractivity (Wildman–Crippen MR) is 145 cm³/mol. The summed E-state index contributed by atoms with van der Waals surface area (Å²) in [6.07, 6.45) is 0. The van der Waals surface area contributed by atoms with E-state index in [1.165, 1.54) is 42.5 Å².